The zero-order chi connectivity index (χ0) is 11.0. The van der Waals surface area contributed by atoms with E-state index in [0.29, 0.717) is 6.04 Å². The molecule has 4 nitrogen and oxygen atoms in total. The molecule has 2 aliphatic rings. The minimum Gasteiger partial charge on any atom is -0.469 e. The van der Waals surface area contributed by atoms with Crippen molar-refractivity contribution in [3.05, 3.63) is 23.7 Å². The van der Waals surface area contributed by atoms with E-state index in [0.717, 1.165) is 44.8 Å². The average Bonchev–Trinajstić information content (AvgIpc) is 2.87. The molecule has 0 spiro atoms. The number of hydrogen-bond acceptors (Lipinski definition) is 4. The van der Waals surface area contributed by atoms with Crippen molar-refractivity contribution in [3.63, 3.8) is 0 Å². The highest BCUT2D eigenvalue weighted by Gasteiger charge is 2.27. The van der Waals surface area contributed by atoms with E-state index in [1.54, 1.807) is 6.26 Å². The van der Waals surface area contributed by atoms with Gasteiger partial charge < -0.3 is 14.8 Å². The highest BCUT2D eigenvalue weighted by atomic mass is 16.3. The molecular formula is C12H18N2O2. The molecule has 2 N–H and O–H groups in total. The van der Waals surface area contributed by atoms with Crippen LogP contribution in [0.2, 0.25) is 0 Å². The van der Waals surface area contributed by atoms with Gasteiger partial charge in [0.15, 0.2) is 0 Å². The van der Waals surface area contributed by atoms with E-state index >= 15 is 0 Å². The Morgan fingerprint density at radius 2 is 2.50 bits per heavy atom. The average molecular weight is 222 g/mol. The number of hydrogen-bond donors (Lipinski definition) is 2. The van der Waals surface area contributed by atoms with Crippen molar-refractivity contribution >= 4 is 0 Å². The maximum absolute atomic E-state index is 9.50. The molecule has 2 unspecified atom stereocenters. The molecule has 0 saturated carbocycles. The van der Waals surface area contributed by atoms with Gasteiger partial charge in [-0.25, -0.2) is 0 Å². The van der Waals surface area contributed by atoms with Gasteiger partial charge in [0.1, 0.15) is 5.76 Å². The molecule has 0 aromatic carbocycles. The molecule has 4 heteroatoms. The smallest absolute Gasteiger partial charge is 0.109 e. The van der Waals surface area contributed by atoms with Gasteiger partial charge in [-0.3, -0.25) is 4.90 Å². The maximum Gasteiger partial charge on any atom is 0.109 e. The molecule has 1 fully saturated rings. The van der Waals surface area contributed by atoms with Gasteiger partial charge >= 0.3 is 0 Å². The highest BCUT2D eigenvalue weighted by molar-refractivity contribution is 5.24. The van der Waals surface area contributed by atoms with Crippen molar-refractivity contribution in [2.24, 2.45) is 0 Å². The number of aliphatic hydroxyl groups excluding tert-OH is 1. The third-order valence-corrected chi connectivity index (χ3v) is 3.59. The molecule has 2 aliphatic heterocycles. The Morgan fingerprint density at radius 1 is 1.56 bits per heavy atom. The monoisotopic (exact) mass is 222 g/mol. The van der Waals surface area contributed by atoms with Crippen LogP contribution in [0.1, 0.15) is 23.8 Å². The first-order valence-corrected chi connectivity index (χ1v) is 6.03. The largest absolute Gasteiger partial charge is 0.469 e. The van der Waals surface area contributed by atoms with E-state index in [2.05, 4.69) is 16.3 Å². The summed E-state index contributed by atoms with van der Waals surface area (Å²) in [6.45, 7) is 3.78. The van der Waals surface area contributed by atoms with Crippen LogP contribution < -0.4 is 5.32 Å². The lowest BCUT2D eigenvalue weighted by molar-refractivity contribution is 0.171. The van der Waals surface area contributed by atoms with Crippen molar-refractivity contribution < 1.29 is 9.52 Å². The van der Waals surface area contributed by atoms with Gasteiger partial charge in [-0.15, -0.1) is 0 Å². The van der Waals surface area contributed by atoms with E-state index in [-0.39, 0.29) is 6.10 Å². The molecule has 0 radical (unpaired) electrons. The van der Waals surface area contributed by atoms with E-state index in [9.17, 15) is 5.11 Å². The summed E-state index contributed by atoms with van der Waals surface area (Å²) in [6, 6.07) is 2.44. The summed E-state index contributed by atoms with van der Waals surface area (Å²) in [6.07, 6.45) is 3.54. The quantitative estimate of drug-likeness (QED) is 0.766. The molecule has 1 saturated heterocycles. The van der Waals surface area contributed by atoms with Crippen LogP contribution in [0.5, 0.6) is 0 Å². The third kappa shape index (κ3) is 1.88. The molecule has 2 atom stereocenters. The number of rotatable bonds is 2. The van der Waals surface area contributed by atoms with E-state index in [1.165, 1.54) is 5.56 Å². The number of β-amino-alcohol motifs (C(OH)–C–C–N with tert-alkyl or cyclic N) is 1. The summed E-state index contributed by atoms with van der Waals surface area (Å²) >= 11 is 0. The predicted octanol–water partition coefficient (Wildman–Crippen LogP) is 0.533. The van der Waals surface area contributed by atoms with Gasteiger partial charge in [-0.05, 0) is 12.5 Å². The lowest BCUT2D eigenvalue weighted by Gasteiger charge is -2.27. The van der Waals surface area contributed by atoms with Crippen LogP contribution in [-0.2, 0) is 6.42 Å². The Hall–Kier alpha value is -0.840. The molecule has 0 bridgehead atoms. The second kappa shape index (κ2) is 4.20. The third-order valence-electron chi connectivity index (χ3n) is 3.59. The lowest BCUT2D eigenvalue weighted by Crippen LogP contribution is -2.38. The van der Waals surface area contributed by atoms with Crippen LogP contribution in [0, 0.1) is 0 Å². The fraction of sp³-hybridized carbons (Fsp3) is 0.667. The number of nitrogens with one attached hydrogen (secondary N) is 1. The van der Waals surface area contributed by atoms with Crippen molar-refractivity contribution in [2.45, 2.75) is 25.0 Å². The van der Waals surface area contributed by atoms with Crippen molar-refractivity contribution in [2.75, 3.05) is 26.2 Å². The molecule has 0 amide bonds. The molecule has 3 rings (SSSR count). The Labute approximate surface area is 95.2 Å². The molecule has 16 heavy (non-hydrogen) atoms. The molecule has 1 aromatic rings. The first kappa shape index (κ1) is 10.3. The van der Waals surface area contributed by atoms with Crippen molar-refractivity contribution in [1.82, 2.24) is 10.2 Å². The van der Waals surface area contributed by atoms with Gasteiger partial charge in [0.25, 0.3) is 0 Å². The van der Waals surface area contributed by atoms with E-state index in [4.69, 9.17) is 4.42 Å². The van der Waals surface area contributed by atoms with Crippen LogP contribution in [0.25, 0.3) is 0 Å². The summed E-state index contributed by atoms with van der Waals surface area (Å²) in [5, 5.41) is 13.0. The van der Waals surface area contributed by atoms with Crippen LogP contribution in [0.15, 0.2) is 16.7 Å². The van der Waals surface area contributed by atoms with Crippen LogP contribution in [0.4, 0.5) is 0 Å². The predicted molar refractivity (Wildman–Crippen MR) is 60.2 cm³/mol. The van der Waals surface area contributed by atoms with Crippen molar-refractivity contribution in [3.8, 4) is 0 Å². The van der Waals surface area contributed by atoms with Crippen LogP contribution in [0.3, 0.4) is 0 Å². The van der Waals surface area contributed by atoms with Gasteiger partial charge in [0, 0.05) is 44.2 Å². The highest BCUT2D eigenvalue weighted by Crippen LogP contribution is 2.25. The zero-order valence-corrected chi connectivity index (χ0v) is 9.35. The first-order valence-electron chi connectivity index (χ1n) is 6.03. The van der Waals surface area contributed by atoms with Gasteiger partial charge in [0.2, 0.25) is 0 Å². The second-order valence-electron chi connectivity index (χ2n) is 4.76. The summed E-state index contributed by atoms with van der Waals surface area (Å²) in [7, 11) is 0. The fourth-order valence-electron chi connectivity index (χ4n) is 2.73. The maximum atomic E-state index is 9.50. The Morgan fingerprint density at radius 3 is 3.31 bits per heavy atom. The number of furan rings is 1. The number of fused-ring (bicyclic) bond motifs is 1. The van der Waals surface area contributed by atoms with Crippen molar-refractivity contribution in [1.29, 1.82) is 0 Å². The van der Waals surface area contributed by atoms with E-state index < -0.39 is 0 Å². The Kier molecular flexibility index (Phi) is 2.71. The zero-order valence-electron chi connectivity index (χ0n) is 9.35. The molecule has 0 aliphatic carbocycles. The van der Waals surface area contributed by atoms with Crippen LogP contribution >= 0.6 is 0 Å². The van der Waals surface area contributed by atoms with Gasteiger partial charge in [-0.1, -0.05) is 0 Å². The summed E-state index contributed by atoms with van der Waals surface area (Å²) in [5.74, 6) is 1.13. The Balaban J connectivity index is 1.68. The topological polar surface area (TPSA) is 48.6 Å². The van der Waals surface area contributed by atoms with Crippen LogP contribution in [-0.4, -0.2) is 42.3 Å². The lowest BCUT2D eigenvalue weighted by atomic mass is 10.0. The number of aliphatic hydroxyl groups is 1. The molecular weight excluding hydrogens is 204 g/mol. The minimum absolute atomic E-state index is 0.132. The summed E-state index contributed by atoms with van der Waals surface area (Å²) in [4.78, 5) is 2.32. The number of likely N-dealkylation sites (tertiary alicyclic amines) is 1. The summed E-state index contributed by atoms with van der Waals surface area (Å²) < 4.78 is 5.46. The SMILES string of the molecule is OC1CCN(CC2NCCc3occc32)C1. The fourth-order valence-corrected chi connectivity index (χ4v) is 2.73. The Bertz CT molecular complexity index is 364. The van der Waals surface area contributed by atoms with Gasteiger partial charge in [-0.2, -0.15) is 0 Å². The molecule has 3 heterocycles. The van der Waals surface area contributed by atoms with Gasteiger partial charge in [0.05, 0.1) is 12.4 Å². The number of nitrogens with zero attached hydrogens (tertiary/aromatic N) is 1. The molecule has 88 valence electrons. The standard InChI is InChI=1S/C12H18N2O2/c15-9-2-5-14(7-9)8-11-10-3-6-16-12(10)1-4-13-11/h3,6,9,11,13,15H,1-2,4-5,7-8H2. The molecule has 1 aromatic heterocycles. The summed E-state index contributed by atoms with van der Waals surface area (Å²) in [5.41, 5.74) is 1.30. The second-order valence-corrected chi connectivity index (χ2v) is 4.76. The van der Waals surface area contributed by atoms with E-state index in [1.807, 2.05) is 0 Å². The normalized spacial score (nSPS) is 30.6. The minimum atomic E-state index is -0.132. The first-order chi connectivity index (χ1) is 7.83.